The second-order valence-corrected chi connectivity index (χ2v) is 14.3. The van der Waals surface area contributed by atoms with Crippen LogP contribution in [0.3, 0.4) is 0 Å². The predicted molar refractivity (Wildman–Crippen MR) is 126 cm³/mol. The molecule has 0 aromatic heterocycles. The van der Waals surface area contributed by atoms with E-state index in [0.717, 1.165) is 47.2 Å². The van der Waals surface area contributed by atoms with Gasteiger partial charge in [0.1, 0.15) is 16.7 Å². The lowest BCUT2D eigenvalue weighted by Crippen LogP contribution is -2.20. The van der Waals surface area contributed by atoms with Crippen molar-refractivity contribution in [1.82, 2.24) is 4.67 Å². The summed E-state index contributed by atoms with van der Waals surface area (Å²) >= 11 is 9.58. The van der Waals surface area contributed by atoms with Crippen molar-refractivity contribution in [3.63, 3.8) is 0 Å². The molecule has 0 bridgehead atoms. The average Bonchev–Trinajstić information content (AvgIpc) is 3.24. The Morgan fingerprint density at radius 3 is 2.32 bits per heavy atom. The third kappa shape index (κ3) is 4.23. The van der Waals surface area contributed by atoms with Crippen molar-refractivity contribution in [2.24, 2.45) is 4.76 Å². The fourth-order valence-electron chi connectivity index (χ4n) is 3.31. The molecule has 142 valence electrons. The second kappa shape index (κ2) is 8.88. The van der Waals surface area contributed by atoms with Crippen molar-refractivity contribution in [2.45, 2.75) is 24.3 Å². The van der Waals surface area contributed by atoms with Crippen LogP contribution in [0.1, 0.15) is 24.0 Å². The highest BCUT2D eigenvalue weighted by molar-refractivity contribution is 8.69. The van der Waals surface area contributed by atoms with Gasteiger partial charge in [-0.2, -0.15) is 5.26 Å². The number of rotatable bonds is 5. The molecule has 2 aliphatic heterocycles. The summed E-state index contributed by atoms with van der Waals surface area (Å²) in [6.07, 6.45) is 1.98. The summed E-state index contributed by atoms with van der Waals surface area (Å²) < 4.78 is 7.33. The minimum absolute atomic E-state index is 0.735. The molecule has 28 heavy (non-hydrogen) atoms. The van der Waals surface area contributed by atoms with E-state index in [0.29, 0.717) is 0 Å². The maximum atomic E-state index is 9.83. The summed E-state index contributed by atoms with van der Waals surface area (Å²) in [4.78, 5) is 0. The van der Waals surface area contributed by atoms with E-state index >= 15 is 0 Å². The van der Waals surface area contributed by atoms with E-state index < -0.39 is 5.54 Å². The lowest BCUT2D eigenvalue weighted by molar-refractivity contribution is 0.639. The Balaban J connectivity index is 1.60. The zero-order valence-electron chi connectivity index (χ0n) is 15.3. The van der Waals surface area contributed by atoms with Gasteiger partial charge in [-0.1, -0.05) is 72.0 Å². The van der Waals surface area contributed by atoms with Crippen LogP contribution < -0.4 is 0 Å². The molecule has 0 amide bonds. The van der Waals surface area contributed by atoms with Crippen LogP contribution in [0, 0.1) is 11.3 Å². The lowest BCUT2D eigenvalue weighted by atomic mass is 10.2. The van der Waals surface area contributed by atoms with Crippen molar-refractivity contribution < 1.29 is 0 Å². The van der Waals surface area contributed by atoms with E-state index in [1.54, 1.807) is 23.1 Å². The number of nitrogens with zero attached hydrogens (tertiary/aromatic N) is 3. The van der Waals surface area contributed by atoms with Crippen LogP contribution in [0.2, 0.25) is 0 Å². The molecule has 1 fully saturated rings. The predicted octanol–water partition coefficient (Wildman–Crippen LogP) is 6.36. The molecule has 4 rings (SSSR count). The molecule has 3 nitrogen and oxygen atoms in total. The Morgan fingerprint density at radius 1 is 1.04 bits per heavy atom. The van der Waals surface area contributed by atoms with Crippen LogP contribution in [0.15, 0.2) is 76.7 Å². The van der Waals surface area contributed by atoms with Crippen LogP contribution in [0.25, 0.3) is 0 Å². The van der Waals surface area contributed by atoms with Gasteiger partial charge in [0.2, 0.25) is 0 Å². The first-order valence-corrected chi connectivity index (χ1v) is 14.4. The molecule has 0 spiro atoms. The van der Waals surface area contributed by atoms with Gasteiger partial charge in [-0.3, -0.25) is 0 Å². The van der Waals surface area contributed by atoms with Crippen molar-refractivity contribution in [3.05, 3.63) is 83.1 Å². The van der Waals surface area contributed by atoms with Crippen LogP contribution in [0.5, 0.6) is 0 Å². The monoisotopic (exact) mass is 441 g/mol. The van der Waals surface area contributed by atoms with E-state index in [9.17, 15) is 5.26 Å². The summed E-state index contributed by atoms with van der Waals surface area (Å²) in [7, 11) is 0. The number of allylic oxidation sites excluding steroid dienone is 1. The Labute approximate surface area is 179 Å². The highest BCUT2D eigenvalue weighted by Crippen LogP contribution is 2.69. The first-order valence-electron chi connectivity index (χ1n) is 9.17. The topological polar surface area (TPSA) is 39.4 Å². The molecule has 0 radical (unpaired) electrons. The fourth-order valence-corrected chi connectivity index (χ4v) is 10.6. The Kier molecular flexibility index (Phi) is 6.28. The van der Waals surface area contributed by atoms with Crippen molar-refractivity contribution in [1.29, 1.82) is 5.26 Å². The fraction of sp³-hybridized carbons (Fsp3) is 0.238. The van der Waals surface area contributed by atoms with Crippen LogP contribution in [-0.2, 0) is 23.3 Å². The smallest absolute Gasteiger partial charge is 0.199 e. The number of hydrogen-bond acceptors (Lipinski definition) is 4. The van der Waals surface area contributed by atoms with Gasteiger partial charge in [-0.25, -0.2) is 4.76 Å². The zero-order valence-corrected chi connectivity index (χ0v) is 18.7. The number of thioether (sulfide) groups is 1. The summed E-state index contributed by atoms with van der Waals surface area (Å²) in [5, 5.41) is 10.7. The SMILES string of the molecule is N#CC1=C2CCCN2P(=S)(SCc2ccccc2)N=C1SCc1ccccc1. The minimum atomic E-state index is -2.17. The highest BCUT2D eigenvalue weighted by Gasteiger charge is 2.38. The third-order valence-electron chi connectivity index (χ3n) is 4.69. The molecule has 7 heteroatoms. The standard InChI is InChI=1S/C21H20N3PS3/c22-14-19-20-12-7-13-24(20)25(26,28-16-18-10-5-2-6-11-18)23-21(19)27-15-17-8-3-1-4-9-17/h1-6,8-11H,7,12-13,15-16H2. The molecule has 2 heterocycles. The summed E-state index contributed by atoms with van der Waals surface area (Å²) in [6, 6.07) is 23.2. The normalized spacial score (nSPS) is 21.2. The van der Waals surface area contributed by atoms with E-state index in [1.165, 1.54) is 11.1 Å². The van der Waals surface area contributed by atoms with Crippen LogP contribution in [-0.4, -0.2) is 16.3 Å². The number of hydrogen-bond donors (Lipinski definition) is 0. The van der Waals surface area contributed by atoms with Crippen LogP contribution >= 0.6 is 28.7 Å². The van der Waals surface area contributed by atoms with Gasteiger partial charge >= 0.3 is 0 Å². The lowest BCUT2D eigenvalue weighted by Gasteiger charge is -2.35. The van der Waals surface area contributed by atoms with Crippen molar-refractivity contribution in [3.8, 4) is 6.07 Å². The number of nitriles is 1. The zero-order chi connectivity index (χ0) is 19.4. The first-order chi connectivity index (χ1) is 13.7. The van der Waals surface area contributed by atoms with Crippen LogP contribution in [0.4, 0.5) is 0 Å². The van der Waals surface area contributed by atoms with E-state index in [1.807, 2.05) is 24.3 Å². The molecule has 0 N–H and O–H groups in total. The van der Waals surface area contributed by atoms with E-state index in [2.05, 4.69) is 47.1 Å². The van der Waals surface area contributed by atoms with Gasteiger partial charge in [-0.05, 0) is 35.8 Å². The number of benzene rings is 2. The van der Waals surface area contributed by atoms with Gasteiger partial charge in [0.25, 0.3) is 0 Å². The summed E-state index contributed by atoms with van der Waals surface area (Å²) in [6.45, 7) is 0.916. The maximum absolute atomic E-state index is 9.83. The van der Waals surface area contributed by atoms with Crippen molar-refractivity contribution in [2.75, 3.05) is 6.54 Å². The Bertz CT molecular complexity index is 997. The largest absolute Gasteiger partial charge is 0.321 e. The molecule has 2 aromatic carbocycles. The first kappa shape index (κ1) is 19.8. The quantitative estimate of drug-likeness (QED) is 0.505. The molecular formula is C21H20N3PS3. The number of fused-ring (bicyclic) bond motifs is 1. The Hall–Kier alpha value is -1.51. The molecule has 2 aliphatic rings. The Morgan fingerprint density at radius 2 is 1.68 bits per heavy atom. The molecule has 1 atom stereocenters. The van der Waals surface area contributed by atoms with E-state index in [-0.39, 0.29) is 0 Å². The minimum Gasteiger partial charge on any atom is -0.321 e. The maximum Gasteiger partial charge on any atom is 0.199 e. The van der Waals surface area contributed by atoms with Gasteiger partial charge in [-0.15, -0.1) is 11.8 Å². The van der Waals surface area contributed by atoms with Gasteiger partial charge < -0.3 is 4.67 Å². The summed E-state index contributed by atoms with van der Waals surface area (Å²) in [5.74, 6) is 1.65. The third-order valence-corrected chi connectivity index (χ3v) is 12.2. The average molecular weight is 442 g/mol. The van der Waals surface area contributed by atoms with Crippen molar-refractivity contribution >= 4 is 45.5 Å². The molecule has 1 unspecified atom stereocenters. The van der Waals surface area contributed by atoms with Gasteiger partial charge in [0.15, 0.2) is 5.54 Å². The van der Waals surface area contributed by atoms with E-state index in [4.69, 9.17) is 16.6 Å². The molecule has 0 aliphatic carbocycles. The molecular weight excluding hydrogens is 421 g/mol. The molecule has 0 saturated carbocycles. The second-order valence-electron chi connectivity index (χ2n) is 6.59. The summed E-state index contributed by atoms with van der Waals surface area (Å²) in [5.41, 5.74) is 2.19. The highest BCUT2D eigenvalue weighted by atomic mass is 32.9. The molecule has 2 aromatic rings. The van der Waals surface area contributed by atoms with Gasteiger partial charge in [0.05, 0.1) is 0 Å². The van der Waals surface area contributed by atoms with Gasteiger partial charge in [0, 0.05) is 23.7 Å². The molecule has 1 saturated heterocycles.